The van der Waals surface area contributed by atoms with Crippen molar-refractivity contribution < 1.29 is 0 Å². The molecule has 0 radical (unpaired) electrons. The maximum atomic E-state index is 12.1. The smallest absolute Gasteiger partial charge is 0.258 e. The molecule has 0 aliphatic carbocycles. The first-order valence-corrected chi connectivity index (χ1v) is 6.85. The summed E-state index contributed by atoms with van der Waals surface area (Å²) in [6.45, 7) is 2.02. The van der Waals surface area contributed by atoms with E-state index in [9.17, 15) is 4.79 Å². The lowest BCUT2D eigenvalue weighted by Crippen LogP contribution is -2.09. The van der Waals surface area contributed by atoms with Gasteiger partial charge in [-0.25, -0.2) is 0 Å². The second kappa shape index (κ2) is 4.90. The summed E-state index contributed by atoms with van der Waals surface area (Å²) in [5.41, 5.74) is 8.74. The molecule has 2 heterocycles. The van der Waals surface area contributed by atoms with Gasteiger partial charge in [-0.15, -0.1) is 10.2 Å². The first-order chi connectivity index (χ1) is 9.63. The zero-order valence-corrected chi connectivity index (χ0v) is 11.6. The highest BCUT2D eigenvalue weighted by Gasteiger charge is 2.10. The molecule has 0 saturated carbocycles. The molecule has 0 saturated heterocycles. The van der Waals surface area contributed by atoms with Crippen molar-refractivity contribution in [3.63, 3.8) is 0 Å². The van der Waals surface area contributed by atoms with Gasteiger partial charge in [0.2, 0.25) is 5.13 Å². The van der Waals surface area contributed by atoms with Crippen LogP contribution < -0.4 is 11.3 Å². The molecule has 0 unspecified atom stereocenters. The number of anilines is 1. The monoisotopic (exact) mass is 284 g/mol. The Balaban J connectivity index is 2.03. The Morgan fingerprint density at radius 1 is 1.10 bits per heavy atom. The summed E-state index contributed by atoms with van der Waals surface area (Å²) in [4.78, 5) is 15.0. The van der Waals surface area contributed by atoms with E-state index in [1.165, 1.54) is 16.9 Å². The predicted molar refractivity (Wildman–Crippen MR) is 80.6 cm³/mol. The Kier molecular flexibility index (Phi) is 3.08. The third-order valence-electron chi connectivity index (χ3n) is 2.94. The lowest BCUT2D eigenvalue weighted by Gasteiger charge is -2.03. The van der Waals surface area contributed by atoms with Crippen LogP contribution >= 0.6 is 11.3 Å². The Morgan fingerprint density at radius 3 is 2.45 bits per heavy atom. The number of rotatable bonds is 2. The molecule has 6 heteroatoms. The van der Waals surface area contributed by atoms with Crippen LogP contribution in [-0.2, 0) is 0 Å². The van der Waals surface area contributed by atoms with E-state index in [2.05, 4.69) is 15.2 Å². The van der Waals surface area contributed by atoms with Gasteiger partial charge < -0.3 is 10.7 Å². The van der Waals surface area contributed by atoms with Gasteiger partial charge in [-0.2, -0.15) is 0 Å². The zero-order chi connectivity index (χ0) is 14.1. The number of nitrogen functional groups attached to an aromatic ring is 1. The third-order valence-corrected chi connectivity index (χ3v) is 3.73. The van der Waals surface area contributed by atoms with Crippen LogP contribution in [0.1, 0.15) is 5.56 Å². The lowest BCUT2D eigenvalue weighted by atomic mass is 10.1. The molecule has 0 aliphatic heterocycles. The van der Waals surface area contributed by atoms with Crippen LogP contribution in [0.2, 0.25) is 0 Å². The van der Waals surface area contributed by atoms with E-state index in [1.807, 2.05) is 37.3 Å². The molecule has 0 aliphatic rings. The number of hydrogen-bond acceptors (Lipinski definition) is 5. The van der Waals surface area contributed by atoms with E-state index in [0.717, 1.165) is 11.3 Å². The highest BCUT2D eigenvalue weighted by Crippen LogP contribution is 2.23. The van der Waals surface area contributed by atoms with Crippen LogP contribution in [0.15, 0.2) is 41.2 Å². The molecule has 2 aromatic heterocycles. The van der Waals surface area contributed by atoms with Crippen LogP contribution in [0.4, 0.5) is 5.13 Å². The van der Waals surface area contributed by atoms with Crippen molar-refractivity contribution in [1.29, 1.82) is 0 Å². The second-order valence-electron chi connectivity index (χ2n) is 4.43. The fraction of sp³-hybridized carbons (Fsp3) is 0.0714. The van der Waals surface area contributed by atoms with Crippen molar-refractivity contribution >= 4 is 16.5 Å². The van der Waals surface area contributed by atoms with Crippen molar-refractivity contribution in [1.82, 2.24) is 15.2 Å². The number of pyridine rings is 1. The van der Waals surface area contributed by atoms with E-state index in [4.69, 9.17) is 5.73 Å². The summed E-state index contributed by atoms with van der Waals surface area (Å²) in [5, 5.41) is 8.48. The standard InChI is InChI=1S/C14H12N4OS/c1-8-2-4-9(5-3-8)11-7-6-10(12(19)16-11)13-17-18-14(15)20-13/h2-7H,1H3,(H2,15,18)(H,16,19). The number of nitrogens with one attached hydrogen (secondary N) is 1. The largest absolute Gasteiger partial charge is 0.374 e. The minimum Gasteiger partial charge on any atom is -0.374 e. The Labute approximate surface area is 119 Å². The molecule has 0 atom stereocenters. The van der Waals surface area contributed by atoms with Crippen LogP contribution in [0.5, 0.6) is 0 Å². The van der Waals surface area contributed by atoms with Gasteiger partial charge in [0.1, 0.15) is 0 Å². The molecule has 0 amide bonds. The highest BCUT2D eigenvalue weighted by atomic mass is 32.1. The maximum absolute atomic E-state index is 12.1. The first-order valence-electron chi connectivity index (χ1n) is 6.03. The van der Waals surface area contributed by atoms with Gasteiger partial charge in [0.15, 0.2) is 5.01 Å². The van der Waals surface area contributed by atoms with Crippen LogP contribution in [0.25, 0.3) is 21.8 Å². The SMILES string of the molecule is Cc1ccc(-c2ccc(-c3nnc(N)s3)c(=O)[nH]2)cc1. The number of nitrogens with zero attached hydrogens (tertiary/aromatic N) is 2. The Morgan fingerprint density at radius 2 is 1.85 bits per heavy atom. The third kappa shape index (κ3) is 2.33. The number of benzene rings is 1. The molecule has 5 nitrogen and oxygen atoms in total. The number of H-pyrrole nitrogens is 1. The van der Waals surface area contributed by atoms with E-state index in [1.54, 1.807) is 6.07 Å². The van der Waals surface area contributed by atoms with Gasteiger partial charge in [-0.3, -0.25) is 4.79 Å². The van der Waals surface area contributed by atoms with Crippen molar-refractivity contribution in [3.05, 3.63) is 52.3 Å². The van der Waals surface area contributed by atoms with E-state index < -0.39 is 0 Å². The molecular formula is C14H12N4OS. The molecule has 3 N–H and O–H groups in total. The average Bonchev–Trinajstić information content (AvgIpc) is 2.86. The number of aromatic amines is 1. The number of hydrogen-bond donors (Lipinski definition) is 2. The van der Waals surface area contributed by atoms with Crippen molar-refractivity contribution in [2.24, 2.45) is 0 Å². The molecule has 0 spiro atoms. The van der Waals surface area contributed by atoms with E-state index >= 15 is 0 Å². The van der Waals surface area contributed by atoms with E-state index in [0.29, 0.717) is 15.7 Å². The summed E-state index contributed by atoms with van der Waals surface area (Å²) < 4.78 is 0. The summed E-state index contributed by atoms with van der Waals surface area (Å²) in [6.07, 6.45) is 0. The summed E-state index contributed by atoms with van der Waals surface area (Å²) in [6, 6.07) is 11.6. The van der Waals surface area contributed by atoms with Crippen LogP contribution in [0.3, 0.4) is 0 Å². The molecule has 1 aromatic carbocycles. The molecule has 3 rings (SSSR count). The minimum atomic E-state index is -0.195. The van der Waals surface area contributed by atoms with Gasteiger partial charge in [0.05, 0.1) is 5.56 Å². The van der Waals surface area contributed by atoms with Gasteiger partial charge in [-0.05, 0) is 24.6 Å². The topological polar surface area (TPSA) is 84.7 Å². The van der Waals surface area contributed by atoms with Gasteiger partial charge in [0, 0.05) is 5.69 Å². The van der Waals surface area contributed by atoms with Crippen molar-refractivity contribution in [2.45, 2.75) is 6.92 Å². The summed E-state index contributed by atoms with van der Waals surface area (Å²) >= 11 is 1.19. The van der Waals surface area contributed by atoms with Gasteiger partial charge in [0.25, 0.3) is 5.56 Å². The maximum Gasteiger partial charge on any atom is 0.258 e. The van der Waals surface area contributed by atoms with Crippen molar-refractivity contribution in [3.8, 4) is 21.8 Å². The number of aryl methyl sites for hydroxylation is 1. The molecule has 20 heavy (non-hydrogen) atoms. The lowest BCUT2D eigenvalue weighted by molar-refractivity contribution is 1.10. The highest BCUT2D eigenvalue weighted by molar-refractivity contribution is 7.18. The molecule has 0 bridgehead atoms. The van der Waals surface area contributed by atoms with Crippen LogP contribution in [0, 0.1) is 6.92 Å². The van der Waals surface area contributed by atoms with Crippen molar-refractivity contribution in [2.75, 3.05) is 5.73 Å². The Bertz CT molecular complexity index is 805. The fourth-order valence-electron chi connectivity index (χ4n) is 1.89. The summed E-state index contributed by atoms with van der Waals surface area (Å²) in [7, 11) is 0. The molecule has 3 aromatic rings. The quantitative estimate of drug-likeness (QED) is 0.757. The molecular weight excluding hydrogens is 272 g/mol. The van der Waals surface area contributed by atoms with E-state index in [-0.39, 0.29) is 5.56 Å². The average molecular weight is 284 g/mol. The predicted octanol–water partition coefficient (Wildman–Crippen LogP) is 2.45. The normalized spacial score (nSPS) is 10.7. The summed E-state index contributed by atoms with van der Waals surface area (Å²) in [5.74, 6) is 0. The number of nitrogens with two attached hydrogens (primary N) is 1. The zero-order valence-electron chi connectivity index (χ0n) is 10.8. The molecule has 0 fully saturated rings. The Hall–Kier alpha value is -2.47. The fourth-order valence-corrected chi connectivity index (χ4v) is 2.52. The minimum absolute atomic E-state index is 0.195. The van der Waals surface area contributed by atoms with Gasteiger partial charge >= 0.3 is 0 Å². The van der Waals surface area contributed by atoms with Gasteiger partial charge in [-0.1, -0.05) is 41.2 Å². The molecule has 100 valence electrons. The first kappa shape index (κ1) is 12.6. The van der Waals surface area contributed by atoms with Crippen LogP contribution in [-0.4, -0.2) is 15.2 Å². The number of aromatic nitrogens is 3. The second-order valence-corrected chi connectivity index (χ2v) is 5.44.